The van der Waals surface area contributed by atoms with Crippen LogP contribution in [0, 0.1) is 0 Å². The maximum atomic E-state index is 9.07. The van der Waals surface area contributed by atoms with Crippen molar-refractivity contribution in [3.63, 3.8) is 0 Å². The van der Waals surface area contributed by atoms with E-state index >= 15 is 0 Å². The molecule has 204 valence electrons. The van der Waals surface area contributed by atoms with Crippen molar-refractivity contribution in [1.29, 1.82) is 0 Å². The Labute approximate surface area is 213 Å². The van der Waals surface area contributed by atoms with Gasteiger partial charge in [0.05, 0.1) is 46.2 Å². The molecule has 3 fully saturated rings. The number of unbranched alkanes of at least 4 members (excludes halogenated alkanes) is 1. The quantitative estimate of drug-likeness (QED) is 0.564. The van der Waals surface area contributed by atoms with Gasteiger partial charge in [-0.15, -0.1) is 0 Å². The highest BCUT2D eigenvalue weighted by Crippen LogP contribution is 2.36. The van der Waals surface area contributed by atoms with Gasteiger partial charge in [0, 0.05) is 32.4 Å². The van der Waals surface area contributed by atoms with E-state index in [1.54, 1.807) is 7.11 Å². The van der Waals surface area contributed by atoms with Crippen LogP contribution in [0.15, 0.2) is 30.3 Å². The van der Waals surface area contributed by atoms with Gasteiger partial charge in [-0.1, -0.05) is 30.3 Å². The van der Waals surface area contributed by atoms with Crippen LogP contribution in [0.3, 0.4) is 0 Å². The lowest BCUT2D eigenvalue weighted by Gasteiger charge is -2.48. The van der Waals surface area contributed by atoms with Gasteiger partial charge in [-0.3, -0.25) is 4.90 Å². The predicted molar refractivity (Wildman–Crippen MR) is 130 cm³/mol. The topological polar surface area (TPSA) is 97.3 Å². The van der Waals surface area contributed by atoms with E-state index in [1.165, 1.54) is 0 Å². The van der Waals surface area contributed by atoms with Crippen molar-refractivity contribution in [3.8, 4) is 0 Å². The van der Waals surface area contributed by atoms with E-state index in [9.17, 15) is 0 Å². The first-order valence-electron chi connectivity index (χ1n) is 13.0. The Bertz CT molecular complexity index is 727. The van der Waals surface area contributed by atoms with Crippen molar-refractivity contribution in [1.82, 2.24) is 4.90 Å². The summed E-state index contributed by atoms with van der Waals surface area (Å²) in [5.41, 5.74) is 0.944. The number of hydrogen-bond donors (Lipinski definition) is 1. The number of benzene rings is 1. The van der Waals surface area contributed by atoms with Gasteiger partial charge in [0.15, 0.2) is 12.6 Å². The molecular weight excluding hydrogens is 470 g/mol. The van der Waals surface area contributed by atoms with E-state index in [2.05, 4.69) is 4.90 Å². The maximum absolute atomic E-state index is 9.07. The summed E-state index contributed by atoms with van der Waals surface area (Å²) >= 11 is 0. The molecule has 1 aromatic rings. The van der Waals surface area contributed by atoms with E-state index in [1.807, 2.05) is 30.3 Å². The number of fused-ring (bicyclic) bond motifs is 3. The highest BCUT2D eigenvalue weighted by molar-refractivity contribution is 5.16. The maximum Gasteiger partial charge on any atom is 0.186 e. The smallest absolute Gasteiger partial charge is 0.186 e. The first-order chi connectivity index (χ1) is 17.8. The molecule has 6 atom stereocenters. The molecule has 36 heavy (non-hydrogen) atoms. The summed E-state index contributed by atoms with van der Waals surface area (Å²) in [5.74, 6) is 0. The van der Waals surface area contributed by atoms with Crippen molar-refractivity contribution < 1.29 is 43.0 Å². The molecule has 3 heterocycles. The molecule has 0 saturated carbocycles. The summed E-state index contributed by atoms with van der Waals surface area (Å²) in [5, 5.41) is 9.07. The molecule has 0 amide bonds. The fraction of sp³-hybridized carbons (Fsp3) is 0.769. The Morgan fingerprint density at radius 1 is 0.833 bits per heavy atom. The Kier molecular flexibility index (Phi) is 11.8. The van der Waals surface area contributed by atoms with Gasteiger partial charge in [-0.25, -0.2) is 0 Å². The van der Waals surface area contributed by atoms with Gasteiger partial charge in [0.2, 0.25) is 0 Å². The van der Waals surface area contributed by atoms with Gasteiger partial charge >= 0.3 is 0 Å². The highest BCUT2D eigenvalue weighted by atomic mass is 16.8. The molecule has 0 spiro atoms. The van der Waals surface area contributed by atoms with Crippen LogP contribution in [0.2, 0.25) is 0 Å². The van der Waals surface area contributed by atoms with E-state index < -0.39 is 24.8 Å². The molecule has 3 aliphatic heterocycles. The number of methoxy groups -OCH3 is 1. The van der Waals surface area contributed by atoms with Gasteiger partial charge < -0.3 is 43.0 Å². The molecule has 1 N–H and O–H groups in total. The van der Waals surface area contributed by atoms with Crippen LogP contribution in [0.5, 0.6) is 0 Å². The Morgan fingerprint density at radius 2 is 1.56 bits per heavy atom. The van der Waals surface area contributed by atoms with E-state index in [4.69, 9.17) is 43.0 Å². The normalized spacial score (nSPS) is 33.6. The Balaban J connectivity index is 1.40. The molecule has 3 saturated heterocycles. The molecule has 0 bridgehead atoms. The minimum absolute atomic E-state index is 0.216. The predicted octanol–water partition coefficient (Wildman–Crippen LogP) is 1.36. The van der Waals surface area contributed by atoms with E-state index in [0.717, 1.165) is 38.0 Å². The van der Waals surface area contributed by atoms with Crippen molar-refractivity contribution in [2.75, 3.05) is 79.6 Å². The number of rotatable bonds is 6. The van der Waals surface area contributed by atoms with Crippen molar-refractivity contribution in [2.45, 2.75) is 49.8 Å². The van der Waals surface area contributed by atoms with Gasteiger partial charge in [-0.05, 0) is 19.4 Å². The molecule has 3 aliphatic rings. The highest BCUT2D eigenvalue weighted by Gasteiger charge is 2.51. The third kappa shape index (κ3) is 7.91. The van der Waals surface area contributed by atoms with Crippen LogP contribution >= 0.6 is 0 Å². The average molecular weight is 512 g/mol. The van der Waals surface area contributed by atoms with Crippen LogP contribution in [-0.4, -0.2) is 120 Å². The monoisotopic (exact) mass is 511 g/mol. The zero-order chi connectivity index (χ0) is 25.0. The van der Waals surface area contributed by atoms with Crippen LogP contribution in [0.25, 0.3) is 0 Å². The second-order valence-electron chi connectivity index (χ2n) is 9.12. The van der Waals surface area contributed by atoms with Gasteiger partial charge in [0.1, 0.15) is 24.4 Å². The number of aliphatic hydroxyl groups is 1. The molecular formula is C26H41NO9. The van der Waals surface area contributed by atoms with Gasteiger partial charge in [0.25, 0.3) is 0 Å². The SMILES string of the molecule is CO[C@H]1O[C@@H]2COC(c3ccccc3)O[C@H]2[C@@H]2OCCOCCN(CCCCO)CCOCCO[C@@H]12. The summed E-state index contributed by atoms with van der Waals surface area (Å²) in [6, 6.07) is 9.85. The molecule has 1 unspecified atom stereocenters. The van der Waals surface area contributed by atoms with Crippen LogP contribution < -0.4 is 0 Å². The lowest BCUT2D eigenvalue weighted by atomic mass is 9.97. The molecule has 0 aliphatic carbocycles. The Morgan fingerprint density at radius 3 is 2.25 bits per heavy atom. The summed E-state index contributed by atoms with van der Waals surface area (Å²) in [6.45, 7) is 5.98. The first kappa shape index (κ1) is 27.8. The second-order valence-corrected chi connectivity index (χ2v) is 9.12. The van der Waals surface area contributed by atoms with E-state index in [-0.39, 0.29) is 18.8 Å². The third-order valence-electron chi connectivity index (χ3n) is 6.65. The van der Waals surface area contributed by atoms with Crippen molar-refractivity contribution in [2.24, 2.45) is 0 Å². The minimum Gasteiger partial charge on any atom is -0.396 e. The zero-order valence-corrected chi connectivity index (χ0v) is 21.2. The number of aliphatic hydroxyl groups excluding tert-OH is 1. The summed E-state index contributed by atoms with van der Waals surface area (Å²) < 4.78 is 48.4. The molecule has 0 radical (unpaired) electrons. The molecule has 1 aromatic carbocycles. The van der Waals surface area contributed by atoms with Crippen LogP contribution in [-0.2, 0) is 37.9 Å². The lowest BCUT2D eigenvalue weighted by molar-refractivity contribution is -0.368. The third-order valence-corrected chi connectivity index (χ3v) is 6.65. The van der Waals surface area contributed by atoms with Crippen LogP contribution in [0.4, 0.5) is 0 Å². The number of nitrogens with zero attached hydrogens (tertiary/aromatic N) is 1. The summed E-state index contributed by atoms with van der Waals surface area (Å²) in [7, 11) is 1.60. The van der Waals surface area contributed by atoms with Crippen molar-refractivity contribution in [3.05, 3.63) is 35.9 Å². The minimum atomic E-state index is -0.615. The largest absolute Gasteiger partial charge is 0.396 e. The van der Waals surface area contributed by atoms with Crippen molar-refractivity contribution >= 4 is 0 Å². The molecule has 0 aromatic heterocycles. The lowest BCUT2D eigenvalue weighted by Crippen LogP contribution is -2.63. The summed E-state index contributed by atoms with van der Waals surface area (Å²) in [4.78, 5) is 2.30. The molecule has 10 heteroatoms. The van der Waals surface area contributed by atoms with E-state index in [0.29, 0.717) is 46.2 Å². The molecule has 10 nitrogen and oxygen atoms in total. The molecule has 4 rings (SSSR count). The fourth-order valence-corrected chi connectivity index (χ4v) is 4.74. The second kappa shape index (κ2) is 15.3. The zero-order valence-electron chi connectivity index (χ0n) is 21.2. The Hall–Kier alpha value is -1.18. The summed E-state index contributed by atoms with van der Waals surface area (Å²) in [6.07, 6.45) is -1.03. The van der Waals surface area contributed by atoms with Crippen LogP contribution in [0.1, 0.15) is 24.7 Å². The number of hydrogen-bond acceptors (Lipinski definition) is 10. The van der Waals surface area contributed by atoms with Gasteiger partial charge in [-0.2, -0.15) is 0 Å². The number of ether oxygens (including phenoxy) is 8. The fourth-order valence-electron chi connectivity index (χ4n) is 4.74. The first-order valence-corrected chi connectivity index (χ1v) is 13.0. The average Bonchev–Trinajstić information content (AvgIpc) is 2.92. The standard InChI is InChI=1S/C26H41NO9/c1-29-26-24-23(22-21(35-26)19-34-25(36-22)20-7-3-2-4-8-20)32-17-15-30-13-10-27(9-5-6-12-28)11-14-31-16-18-33-24/h2-4,7-8,21-26,28H,5-6,9-19H2,1H3/t21-,22-,23+,24-,25?,26+/m1/s1.